The van der Waals surface area contributed by atoms with E-state index in [0.29, 0.717) is 5.56 Å². The third-order valence-corrected chi connectivity index (χ3v) is 6.57. The second kappa shape index (κ2) is 7.99. The van der Waals surface area contributed by atoms with Gasteiger partial charge in [0.25, 0.3) is 5.91 Å². The summed E-state index contributed by atoms with van der Waals surface area (Å²) < 4.78 is 14.7. The maximum absolute atomic E-state index is 14.7. The van der Waals surface area contributed by atoms with Crippen molar-refractivity contribution >= 4 is 11.8 Å². The summed E-state index contributed by atoms with van der Waals surface area (Å²) in [7, 11) is 0. The number of halogens is 1. The summed E-state index contributed by atoms with van der Waals surface area (Å²) in [6, 6.07) is 5.82. The first-order valence-electron chi connectivity index (χ1n) is 10.5. The molecule has 4 nitrogen and oxygen atoms in total. The van der Waals surface area contributed by atoms with Gasteiger partial charge in [-0.05, 0) is 31.7 Å². The molecule has 4 rings (SSSR count). The molecule has 1 heterocycles. The topological polar surface area (TPSA) is 40.6 Å². The van der Waals surface area contributed by atoms with Crippen LogP contribution < -0.4 is 0 Å². The number of hydrogen-bond acceptors (Lipinski definition) is 2. The van der Waals surface area contributed by atoms with E-state index in [0.717, 1.165) is 51.4 Å². The minimum absolute atomic E-state index is 0.0148. The highest BCUT2D eigenvalue weighted by Crippen LogP contribution is 2.37. The highest BCUT2D eigenvalue weighted by molar-refractivity contribution is 5.96. The average Bonchev–Trinajstić information content (AvgIpc) is 3.05. The van der Waals surface area contributed by atoms with Crippen molar-refractivity contribution in [2.45, 2.75) is 82.3 Å². The van der Waals surface area contributed by atoms with Crippen molar-refractivity contribution in [3.63, 3.8) is 0 Å². The van der Waals surface area contributed by atoms with Crippen LogP contribution in [0, 0.1) is 5.82 Å². The highest BCUT2D eigenvalue weighted by Gasteiger charge is 2.46. The van der Waals surface area contributed by atoms with Gasteiger partial charge in [0.15, 0.2) is 0 Å². The van der Waals surface area contributed by atoms with Gasteiger partial charge in [-0.15, -0.1) is 0 Å². The summed E-state index contributed by atoms with van der Waals surface area (Å²) in [6.45, 7) is 0.158. The first kappa shape index (κ1) is 18.5. The fourth-order valence-corrected chi connectivity index (χ4v) is 5.18. The number of piperazine rings is 1. The number of amides is 2. The third kappa shape index (κ3) is 3.61. The first-order chi connectivity index (χ1) is 13.2. The Morgan fingerprint density at radius 3 is 2.07 bits per heavy atom. The van der Waals surface area contributed by atoms with E-state index in [4.69, 9.17) is 0 Å². The molecule has 2 saturated carbocycles. The summed E-state index contributed by atoms with van der Waals surface area (Å²) >= 11 is 0. The number of carbonyl (C=O) groups is 2. The van der Waals surface area contributed by atoms with Crippen LogP contribution >= 0.6 is 0 Å². The predicted octanol–water partition coefficient (Wildman–Crippen LogP) is 4.20. The Kier molecular flexibility index (Phi) is 5.46. The molecule has 3 aliphatic rings. The van der Waals surface area contributed by atoms with Gasteiger partial charge >= 0.3 is 0 Å². The highest BCUT2D eigenvalue weighted by atomic mass is 19.1. The van der Waals surface area contributed by atoms with Crippen LogP contribution in [0.3, 0.4) is 0 Å². The van der Waals surface area contributed by atoms with Crippen LogP contribution in [0.4, 0.5) is 4.39 Å². The SMILES string of the molecule is O=C1[C@H](c2ccccc2F)N(C2CCCC2)C(=O)CN1C1CCCCCC1. The Morgan fingerprint density at radius 1 is 0.815 bits per heavy atom. The lowest BCUT2D eigenvalue weighted by Gasteiger charge is -2.46. The van der Waals surface area contributed by atoms with Gasteiger partial charge in [-0.2, -0.15) is 0 Å². The molecule has 0 spiro atoms. The Hall–Kier alpha value is -1.91. The van der Waals surface area contributed by atoms with Crippen LogP contribution in [0.5, 0.6) is 0 Å². The molecule has 0 aromatic heterocycles. The Bertz CT molecular complexity index is 693. The van der Waals surface area contributed by atoms with Crippen molar-refractivity contribution in [2.75, 3.05) is 6.54 Å². The number of hydrogen-bond donors (Lipinski definition) is 0. The minimum atomic E-state index is -0.807. The molecule has 0 unspecified atom stereocenters. The van der Waals surface area contributed by atoms with Crippen LogP contribution in [0.15, 0.2) is 24.3 Å². The monoisotopic (exact) mass is 372 g/mol. The molecule has 5 heteroatoms. The van der Waals surface area contributed by atoms with Crippen LogP contribution in [0.25, 0.3) is 0 Å². The zero-order valence-electron chi connectivity index (χ0n) is 15.9. The van der Waals surface area contributed by atoms with Crippen molar-refractivity contribution in [3.05, 3.63) is 35.6 Å². The van der Waals surface area contributed by atoms with E-state index in [9.17, 15) is 14.0 Å². The molecular formula is C22H29FN2O2. The summed E-state index contributed by atoms with van der Waals surface area (Å²) in [6.07, 6.45) is 10.4. The lowest BCUT2D eigenvalue weighted by molar-refractivity contribution is -0.161. The molecule has 2 amide bonds. The van der Waals surface area contributed by atoms with E-state index in [1.54, 1.807) is 28.0 Å². The largest absolute Gasteiger partial charge is 0.328 e. The van der Waals surface area contributed by atoms with Gasteiger partial charge in [0.05, 0.1) is 0 Å². The lowest BCUT2D eigenvalue weighted by Crippen LogP contribution is -2.60. The van der Waals surface area contributed by atoms with Gasteiger partial charge in [-0.1, -0.05) is 56.7 Å². The molecule has 0 radical (unpaired) electrons. The summed E-state index contributed by atoms with van der Waals surface area (Å²) in [5.74, 6) is -0.494. The molecule has 0 N–H and O–H groups in total. The van der Waals surface area contributed by atoms with E-state index in [-0.39, 0.29) is 30.4 Å². The second-order valence-electron chi connectivity index (χ2n) is 8.27. The fraction of sp³-hybridized carbons (Fsp3) is 0.636. The first-order valence-corrected chi connectivity index (χ1v) is 10.5. The Labute approximate surface area is 160 Å². The molecule has 1 saturated heterocycles. The standard InChI is InChI=1S/C22H29FN2O2/c23-19-14-8-7-13-18(19)21-22(27)24(16-9-3-1-2-4-10-16)15-20(26)25(21)17-11-5-6-12-17/h7-8,13-14,16-17,21H,1-6,9-12,15H2/t21-/m0/s1. The number of benzene rings is 1. The van der Waals surface area contributed by atoms with Gasteiger partial charge in [0, 0.05) is 17.6 Å². The molecule has 27 heavy (non-hydrogen) atoms. The summed E-state index contributed by atoms with van der Waals surface area (Å²) in [4.78, 5) is 30.2. The van der Waals surface area contributed by atoms with Crippen molar-refractivity contribution in [1.82, 2.24) is 9.80 Å². The number of rotatable bonds is 3. The summed E-state index contributed by atoms with van der Waals surface area (Å²) in [5.41, 5.74) is 0.348. The molecule has 0 bridgehead atoms. The molecule has 3 fully saturated rings. The normalized spacial score (nSPS) is 25.9. The maximum atomic E-state index is 14.7. The van der Waals surface area contributed by atoms with E-state index in [2.05, 4.69) is 0 Å². The van der Waals surface area contributed by atoms with Crippen molar-refractivity contribution < 1.29 is 14.0 Å². The van der Waals surface area contributed by atoms with Crippen molar-refractivity contribution in [2.24, 2.45) is 0 Å². The van der Waals surface area contributed by atoms with Gasteiger partial charge in [0.1, 0.15) is 18.4 Å². The van der Waals surface area contributed by atoms with Crippen LogP contribution in [0.1, 0.15) is 75.8 Å². The zero-order valence-corrected chi connectivity index (χ0v) is 15.9. The Balaban J connectivity index is 1.69. The smallest absolute Gasteiger partial charge is 0.250 e. The van der Waals surface area contributed by atoms with Crippen molar-refractivity contribution in [1.29, 1.82) is 0 Å². The molecule has 1 aliphatic heterocycles. The van der Waals surface area contributed by atoms with E-state index < -0.39 is 11.9 Å². The van der Waals surface area contributed by atoms with Gasteiger partial charge in [-0.25, -0.2) is 4.39 Å². The van der Waals surface area contributed by atoms with E-state index >= 15 is 0 Å². The van der Waals surface area contributed by atoms with E-state index in [1.165, 1.54) is 18.9 Å². The van der Waals surface area contributed by atoms with Gasteiger partial charge in [-0.3, -0.25) is 9.59 Å². The Morgan fingerprint density at radius 2 is 1.41 bits per heavy atom. The van der Waals surface area contributed by atoms with Gasteiger partial charge in [0.2, 0.25) is 5.91 Å². The quantitative estimate of drug-likeness (QED) is 0.746. The second-order valence-corrected chi connectivity index (χ2v) is 8.27. The maximum Gasteiger partial charge on any atom is 0.250 e. The molecule has 2 aliphatic carbocycles. The minimum Gasteiger partial charge on any atom is -0.328 e. The number of nitrogens with zero attached hydrogens (tertiary/aromatic N) is 2. The molecule has 146 valence electrons. The summed E-state index contributed by atoms with van der Waals surface area (Å²) in [5, 5.41) is 0. The molecule has 1 atom stereocenters. The van der Waals surface area contributed by atoms with Crippen LogP contribution in [0.2, 0.25) is 0 Å². The predicted molar refractivity (Wildman–Crippen MR) is 101 cm³/mol. The van der Waals surface area contributed by atoms with Crippen molar-refractivity contribution in [3.8, 4) is 0 Å². The fourth-order valence-electron chi connectivity index (χ4n) is 5.18. The third-order valence-electron chi connectivity index (χ3n) is 6.57. The number of carbonyl (C=O) groups excluding carboxylic acids is 2. The van der Waals surface area contributed by atoms with E-state index in [1.807, 2.05) is 0 Å². The van der Waals surface area contributed by atoms with Crippen LogP contribution in [-0.2, 0) is 9.59 Å². The zero-order chi connectivity index (χ0) is 18.8. The average molecular weight is 372 g/mol. The lowest BCUT2D eigenvalue weighted by atomic mass is 9.95. The van der Waals surface area contributed by atoms with Gasteiger partial charge < -0.3 is 9.80 Å². The molecule has 1 aromatic carbocycles. The van der Waals surface area contributed by atoms with Crippen LogP contribution in [-0.4, -0.2) is 40.2 Å². The molecule has 1 aromatic rings. The molecular weight excluding hydrogens is 343 g/mol.